The molecule has 0 saturated carbocycles. The Morgan fingerprint density at radius 3 is 2.65 bits per heavy atom. The van der Waals surface area contributed by atoms with E-state index in [1.54, 1.807) is 24.4 Å². The highest BCUT2D eigenvalue weighted by Crippen LogP contribution is 2.40. The van der Waals surface area contributed by atoms with E-state index in [1.807, 2.05) is 48.5 Å². The van der Waals surface area contributed by atoms with Gasteiger partial charge in [0.25, 0.3) is 11.7 Å². The molecule has 1 amide bonds. The van der Waals surface area contributed by atoms with Gasteiger partial charge in [-0.2, -0.15) is 0 Å². The third-order valence-corrected chi connectivity index (χ3v) is 5.68. The summed E-state index contributed by atoms with van der Waals surface area (Å²) >= 11 is 0. The van der Waals surface area contributed by atoms with E-state index in [0.717, 1.165) is 23.3 Å². The standard InChI is InChI=1S/C25H20N2O4/c28-23(18-9-10-20-17(14-18)11-13-31-20)21-22(16-6-2-1-3-7-16)27(25(30)24(21)29)15-19-8-4-5-12-26-19/h1-10,12,14,22,28H,11,13,15H2/b23-21-. The second-order valence-corrected chi connectivity index (χ2v) is 7.58. The molecule has 6 nitrogen and oxygen atoms in total. The summed E-state index contributed by atoms with van der Waals surface area (Å²) in [6.07, 6.45) is 2.39. The van der Waals surface area contributed by atoms with E-state index in [9.17, 15) is 14.7 Å². The van der Waals surface area contributed by atoms with Crippen molar-refractivity contribution in [1.82, 2.24) is 9.88 Å². The normalized spacial score (nSPS) is 19.4. The average molecular weight is 412 g/mol. The Morgan fingerprint density at radius 2 is 1.87 bits per heavy atom. The van der Waals surface area contributed by atoms with Crippen molar-refractivity contribution in [2.24, 2.45) is 0 Å². The molecular weight excluding hydrogens is 392 g/mol. The van der Waals surface area contributed by atoms with Gasteiger partial charge in [-0.05, 0) is 41.5 Å². The number of carbonyl (C=O) groups is 2. The molecule has 2 aromatic carbocycles. The molecule has 1 unspecified atom stereocenters. The van der Waals surface area contributed by atoms with Gasteiger partial charge in [-0.1, -0.05) is 36.4 Å². The lowest BCUT2D eigenvalue weighted by molar-refractivity contribution is -0.140. The topological polar surface area (TPSA) is 79.7 Å². The number of rotatable bonds is 4. The summed E-state index contributed by atoms with van der Waals surface area (Å²) in [6, 6.07) is 19.3. The predicted molar refractivity (Wildman–Crippen MR) is 114 cm³/mol. The van der Waals surface area contributed by atoms with Crippen molar-refractivity contribution >= 4 is 17.4 Å². The lowest BCUT2D eigenvalue weighted by Gasteiger charge is -2.25. The highest BCUT2D eigenvalue weighted by molar-refractivity contribution is 6.46. The van der Waals surface area contributed by atoms with Gasteiger partial charge in [0, 0.05) is 18.2 Å². The van der Waals surface area contributed by atoms with Gasteiger partial charge in [-0.3, -0.25) is 14.6 Å². The highest BCUT2D eigenvalue weighted by atomic mass is 16.5. The monoisotopic (exact) mass is 412 g/mol. The van der Waals surface area contributed by atoms with Crippen LogP contribution in [0.2, 0.25) is 0 Å². The van der Waals surface area contributed by atoms with E-state index in [4.69, 9.17) is 4.74 Å². The summed E-state index contributed by atoms with van der Waals surface area (Å²) < 4.78 is 5.54. The Kier molecular flexibility index (Phi) is 4.75. The van der Waals surface area contributed by atoms with E-state index in [1.165, 1.54) is 4.90 Å². The number of ketones is 1. The van der Waals surface area contributed by atoms with Gasteiger partial charge >= 0.3 is 0 Å². The molecule has 154 valence electrons. The molecule has 3 aromatic rings. The maximum absolute atomic E-state index is 13.1. The van der Waals surface area contributed by atoms with Crippen LogP contribution in [-0.2, 0) is 22.6 Å². The highest BCUT2D eigenvalue weighted by Gasteiger charge is 2.46. The van der Waals surface area contributed by atoms with Crippen molar-refractivity contribution < 1.29 is 19.4 Å². The first kappa shape index (κ1) is 19.1. The lowest BCUT2D eigenvalue weighted by atomic mass is 9.94. The number of nitrogens with zero attached hydrogens (tertiary/aromatic N) is 2. The largest absolute Gasteiger partial charge is 0.507 e. The van der Waals surface area contributed by atoms with Crippen LogP contribution >= 0.6 is 0 Å². The summed E-state index contributed by atoms with van der Waals surface area (Å²) in [5, 5.41) is 11.2. The van der Waals surface area contributed by atoms with Crippen LogP contribution in [0.1, 0.15) is 28.4 Å². The number of fused-ring (bicyclic) bond motifs is 1. The molecule has 5 rings (SSSR count). The number of aromatic nitrogens is 1. The molecule has 0 spiro atoms. The predicted octanol–water partition coefficient (Wildman–Crippen LogP) is 3.64. The quantitative estimate of drug-likeness (QED) is 0.402. The van der Waals surface area contributed by atoms with Crippen LogP contribution in [0.25, 0.3) is 5.76 Å². The number of Topliss-reactive ketones (excluding diaryl/α,β-unsaturated/α-hetero) is 1. The smallest absolute Gasteiger partial charge is 0.296 e. The second-order valence-electron chi connectivity index (χ2n) is 7.58. The zero-order valence-electron chi connectivity index (χ0n) is 16.7. The number of likely N-dealkylation sites (tertiary alicyclic amines) is 1. The van der Waals surface area contributed by atoms with Crippen LogP contribution in [0.15, 0.2) is 78.5 Å². The van der Waals surface area contributed by atoms with Crippen LogP contribution in [0.5, 0.6) is 5.75 Å². The zero-order valence-corrected chi connectivity index (χ0v) is 16.7. The Bertz CT molecular complexity index is 1190. The summed E-state index contributed by atoms with van der Waals surface area (Å²) in [5.74, 6) is -0.734. The minimum absolute atomic E-state index is 0.0889. The maximum Gasteiger partial charge on any atom is 0.296 e. The average Bonchev–Trinajstić information content (AvgIpc) is 3.38. The summed E-state index contributed by atoms with van der Waals surface area (Å²) in [4.78, 5) is 31.9. The number of ether oxygens (including phenoxy) is 1. The van der Waals surface area contributed by atoms with Crippen molar-refractivity contribution in [2.75, 3.05) is 6.61 Å². The zero-order chi connectivity index (χ0) is 21.4. The fraction of sp³-hybridized carbons (Fsp3) is 0.160. The van der Waals surface area contributed by atoms with Crippen LogP contribution < -0.4 is 4.74 Å². The van der Waals surface area contributed by atoms with E-state index in [2.05, 4.69) is 4.98 Å². The third-order valence-electron chi connectivity index (χ3n) is 5.68. The Labute approximate surface area is 179 Å². The Morgan fingerprint density at radius 1 is 1.06 bits per heavy atom. The first-order valence-corrected chi connectivity index (χ1v) is 10.1. The number of pyridine rings is 1. The molecule has 1 N–H and O–H groups in total. The summed E-state index contributed by atoms with van der Waals surface area (Å²) in [7, 11) is 0. The van der Waals surface area contributed by atoms with Crippen LogP contribution in [0.3, 0.4) is 0 Å². The molecule has 1 aromatic heterocycles. The van der Waals surface area contributed by atoms with Gasteiger partial charge < -0.3 is 14.7 Å². The fourth-order valence-electron chi connectivity index (χ4n) is 4.18. The van der Waals surface area contributed by atoms with E-state index >= 15 is 0 Å². The molecule has 1 atom stereocenters. The molecule has 2 aliphatic heterocycles. The van der Waals surface area contributed by atoms with Crippen molar-refractivity contribution in [3.05, 3.63) is 101 Å². The maximum atomic E-state index is 13.1. The molecule has 31 heavy (non-hydrogen) atoms. The van der Waals surface area contributed by atoms with Crippen molar-refractivity contribution in [3.8, 4) is 5.75 Å². The van der Waals surface area contributed by atoms with Crippen molar-refractivity contribution in [1.29, 1.82) is 0 Å². The van der Waals surface area contributed by atoms with E-state index < -0.39 is 17.7 Å². The molecule has 1 saturated heterocycles. The molecular formula is C25H20N2O4. The number of aliphatic hydroxyl groups excluding tert-OH is 1. The number of hydrogen-bond acceptors (Lipinski definition) is 5. The van der Waals surface area contributed by atoms with Crippen LogP contribution in [0, 0.1) is 0 Å². The van der Waals surface area contributed by atoms with Crippen molar-refractivity contribution in [3.63, 3.8) is 0 Å². The fourth-order valence-corrected chi connectivity index (χ4v) is 4.18. The van der Waals surface area contributed by atoms with Gasteiger partial charge in [-0.25, -0.2) is 0 Å². The lowest BCUT2D eigenvalue weighted by Crippen LogP contribution is -2.29. The number of benzene rings is 2. The Balaban J connectivity index is 1.63. The van der Waals surface area contributed by atoms with Crippen LogP contribution in [0.4, 0.5) is 0 Å². The minimum Gasteiger partial charge on any atom is -0.507 e. The first-order chi connectivity index (χ1) is 15.1. The number of aliphatic hydroxyl groups is 1. The summed E-state index contributed by atoms with van der Waals surface area (Å²) in [5.41, 5.74) is 2.98. The first-order valence-electron chi connectivity index (χ1n) is 10.1. The van der Waals surface area contributed by atoms with Crippen LogP contribution in [-0.4, -0.2) is 33.3 Å². The molecule has 0 radical (unpaired) electrons. The van der Waals surface area contributed by atoms with E-state index in [-0.39, 0.29) is 17.9 Å². The van der Waals surface area contributed by atoms with Crippen molar-refractivity contribution in [2.45, 2.75) is 19.0 Å². The SMILES string of the molecule is O=C1C(=O)N(Cc2ccccn2)C(c2ccccc2)/C1=C(/O)c1ccc2c(c1)CCO2. The van der Waals surface area contributed by atoms with Gasteiger partial charge in [0.2, 0.25) is 0 Å². The van der Waals surface area contributed by atoms with Gasteiger partial charge in [0.05, 0.1) is 30.5 Å². The minimum atomic E-state index is -0.701. The third kappa shape index (κ3) is 3.36. The molecule has 0 bridgehead atoms. The summed E-state index contributed by atoms with van der Waals surface area (Å²) in [6.45, 7) is 0.762. The van der Waals surface area contributed by atoms with Gasteiger partial charge in [0.15, 0.2) is 0 Å². The Hall–Kier alpha value is -3.93. The van der Waals surface area contributed by atoms with Gasteiger partial charge in [-0.15, -0.1) is 0 Å². The molecule has 2 aliphatic rings. The molecule has 3 heterocycles. The second kappa shape index (κ2) is 7.72. The number of hydrogen-bond donors (Lipinski definition) is 1. The number of amides is 1. The number of carbonyl (C=O) groups excluding carboxylic acids is 2. The van der Waals surface area contributed by atoms with Gasteiger partial charge in [0.1, 0.15) is 11.5 Å². The molecule has 6 heteroatoms. The molecule has 1 fully saturated rings. The van der Waals surface area contributed by atoms with E-state index in [0.29, 0.717) is 17.9 Å². The molecule has 0 aliphatic carbocycles.